The number of piperazine rings is 1. The number of aromatic nitrogens is 2. The van der Waals surface area contributed by atoms with Crippen LogP contribution in [0, 0.1) is 18.7 Å². The summed E-state index contributed by atoms with van der Waals surface area (Å²) in [5.41, 5.74) is 1.81. The molecule has 1 fully saturated rings. The summed E-state index contributed by atoms with van der Waals surface area (Å²) in [4.78, 5) is 24.9. The van der Waals surface area contributed by atoms with E-state index in [4.69, 9.17) is 0 Å². The summed E-state index contributed by atoms with van der Waals surface area (Å²) in [6, 6.07) is 12.4. The largest absolute Gasteiger partial charge is 0.368 e. The number of anilines is 1. The summed E-state index contributed by atoms with van der Waals surface area (Å²) in [6.07, 6.45) is 1.74. The van der Waals surface area contributed by atoms with Crippen LogP contribution in [-0.2, 0) is 4.79 Å². The number of nitrogens with zero attached hydrogens (tertiary/aromatic N) is 5. The zero-order chi connectivity index (χ0) is 21.5. The number of aryl methyl sites for hydroxylation is 1. The maximum absolute atomic E-state index is 13.7. The van der Waals surface area contributed by atoms with Gasteiger partial charge < -0.3 is 9.80 Å². The molecular formula is C23H24FN5OS. The van der Waals surface area contributed by atoms with Crippen LogP contribution in [0.15, 0.2) is 53.7 Å². The van der Waals surface area contributed by atoms with Crippen molar-refractivity contribution in [3.63, 3.8) is 0 Å². The van der Waals surface area contributed by atoms with Crippen molar-refractivity contribution >= 4 is 34.5 Å². The maximum Gasteiger partial charge on any atom is 0.234 e. The number of fused-ring (bicyclic) bond motifs is 1. The zero-order valence-electron chi connectivity index (χ0n) is 17.5. The quantitative estimate of drug-likeness (QED) is 0.621. The molecule has 4 heterocycles. The Morgan fingerprint density at radius 1 is 1.03 bits per heavy atom. The van der Waals surface area contributed by atoms with Gasteiger partial charge in [-0.25, -0.2) is 14.1 Å². The molecule has 2 aromatic heterocycles. The first kappa shape index (κ1) is 19.9. The molecule has 8 heteroatoms. The molecule has 5 rings (SSSR count). The highest BCUT2D eigenvalue weighted by molar-refractivity contribution is 7.12. The van der Waals surface area contributed by atoms with Gasteiger partial charge in [-0.05, 0) is 50.2 Å². The summed E-state index contributed by atoms with van der Waals surface area (Å²) in [5.74, 6) is 0.274. The van der Waals surface area contributed by atoms with Crippen LogP contribution < -0.4 is 4.90 Å². The second-order valence-corrected chi connectivity index (χ2v) is 9.37. The van der Waals surface area contributed by atoms with Gasteiger partial charge >= 0.3 is 0 Å². The predicted molar refractivity (Wildman–Crippen MR) is 121 cm³/mol. The van der Waals surface area contributed by atoms with Crippen molar-refractivity contribution in [1.82, 2.24) is 14.7 Å². The minimum absolute atomic E-state index is 0.0946. The molecule has 3 aromatic rings. The molecule has 0 spiro atoms. The van der Waals surface area contributed by atoms with Crippen LogP contribution in [0.1, 0.15) is 22.7 Å². The summed E-state index contributed by atoms with van der Waals surface area (Å²) >= 11 is 1.70. The van der Waals surface area contributed by atoms with Crippen LogP contribution in [0.25, 0.3) is 0 Å². The van der Waals surface area contributed by atoms with Gasteiger partial charge in [-0.1, -0.05) is 0 Å². The van der Waals surface area contributed by atoms with Crippen molar-refractivity contribution in [2.75, 3.05) is 31.1 Å². The number of amides is 1. The molecule has 1 aromatic carbocycles. The van der Waals surface area contributed by atoms with Gasteiger partial charge in [-0.2, -0.15) is 5.10 Å². The maximum atomic E-state index is 13.7. The van der Waals surface area contributed by atoms with Gasteiger partial charge in [0, 0.05) is 53.4 Å². The molecule has 0 saturated carbocycles. The van der Waals surface area contributed by atoms with Crippen LogP contribution >= 0.6 is 11.3 Å². The Labute approximate surface area is 184 Å². The van der Waals surface area contributed by atoms with Gasteiger partial charge in [0.25, 0.3) is 0 Å². The van der Waals surface area contributed by atoms with Crippen molar-refractivity contribution in [2.24, 2.45) is 10.9 Å². The zero-order valence-corrected chi connectivity index (χ0v) is 18.3. The molecule has 0 radical (unpaired) electrons. The molecule has 2 aliphatic heterocycles. The number of hydrogen-bond acceptors (Lipinski definition) is 5. The molecule has 6 nitrogen and oxygen atoms in total. The molecular weight excluding hydrogens is 413 g/mol. The first-order chi connectivity index (χ1) is 15.0. The van der Waals surface area contributed by atoms with Crippen LogP contribution in [0.3, 0.4) is 0 Å². The minimum atomic E-state index is -0.372. The first-order valence-electron chi connectivity index (χ1n) is 10.5. The molecule has 0 N–H and O–H groups in total. The Kier molecular flexibility index (Phi) is 5.09. The van der Waals surface area contributed by atoms with Crippen molar-refractivity contribution < 1.29 is 9.18 Å². The average molecular weight is 438 g/mol. The summed E-state index contributed by atoms with van der Waals surface area (Å²) in [6.45, 7) is 6.71. The highest BCUT2D eigenvalue weighted by atomic mass is 32.1. The van der Waals surface area contributed by atoms with Crippen LogP contribution in [0.5, 0.6) is 0 Å². The van der Waals surface area contributed by atoms with E-state index in [0.29, 0.717) is 13.1 Å². The number of benzene rings is 1. The Bertz CT molecular complexity index is 1130. The van der Waals surface area contributed by atoms with Crippen molar-refractivity contribution in [1.29, 1.82) is 0 Å². The third kappa shape index (κ3) is 3.65. The molecule has 0 bridgehead atoms. The van der Waals surface area contributed by atoms with Gasteiger partial charge in [0.1, 0.15) is 17.8 Å². The normalized spacial score (nSPS) is 21.1. The van der Waals surface area contributed by atoms with Gasteiger partial charge in [-0.3, -0.25) is 4.79 Å². The van der Waals surface area contributed by atoms with Crippen LogP contribution in [0.4, 0.5) is 15.9 Å². The lowest BCUT2D eigenvalue weighted by Gasteiger charge is -2.39. The molecule has 1 saturated heterocycles. The topological polar surface area (TPSA) is 53.7 Å². The molecule has 31 heavy (non-hydrogen) atoms. The Hall–Kier alpha value is -3.00. The lowest BCUT2D eigenvalue weighted by Crippen LogP contribution is -2.53. The molecule has 2 unspecified atom stereocenters. The van der Waals surface area contributed by atoms with E-state index in [1.54, 1.807) is 29.7 Å². The number of thiophene rings is 1. The van der Waals surface area contributed by atoms with Gasteiger partial charge in [0.2, 0.25) is 5.91 Å². The SMILES string of the molecule is CC1=Nc2ccnn2C(c2ccc(C)s2)C1C(=O)N1CCN(c2ccc(F)cc2)CC1. The third-order valence-corrected chi connectivity index (χ3v) is 7.14. The molecule has 1 amide bonds. The lowest BCUT2D eigenvalue weighted by molar-refractivity contribution is -0.134. The number of carbonyl (C=O) groups is 1. The van der Waals surface area contributed by atoms with E-state index >= 15 is 0 Å². The van der Waals surface area contributed by atoms with Crippen molar-refractivity contribution in [3.8, 4) is 0 Å². The Morgan fingerprint density at radius 3 is 2.45 bits per heavy atom. The highest BCUT2D eigenvalue weighted by Crippen LogP contribution is 2.39. The van der Waals surface area contributed by atoms with Crippen LogP contribution in [0.2, 0.25) is 0 Å². The summed E-state index contributed by atoms with van der Waals surface area (Å²) < 4.78 is 15.1. The van der Waals surface area contributed by atoms with Crippen molar-refractivity contribution in [2.45, 2.75) is 19.9 Å². The molecule has 0 aliphatic carbocycles. The first-order valence-corrected chi connectivity index (χ1v) is 11.3. The van der Waals surface area contributed by atoms with Gasteiger partial charge in [-0.15, -0.1) is 11.3 Å². The fourth-order valence-electron chi connectivity index (χ4n) is 4.47. The molecule has 2 aliphatic rings. The number of rotatable bonds is 3. The predicted octanol–water partition coefficient (Wildman–Crippen LogP) is 4.05. The standard InChI is InChI=1S/C23H24FN5OS/c1-15-3-8-19(31-15)22-21(16(2)26-20-9-10-25-29(20)22)23(30)28-13-11-27(12-14-28)18-6-4-17(24)5-7-18/h3-10,21-22H,11-14H2,1-2H3. The van der Waals surface area contributed by atoms with Gasteiger partial charge in [0.15, 0.2) is 5.82 Å². The monoisotopic (exact) mass is 437 g/mol. The fraction of sp³-hybridized carbons (Fsp3) is 0.348. The number of halogens is 1. The third-order valence-electron chi connectivity index (χ3n) is 6.07. The average Bonchev–Trinajstić information content (AvgIpc) is 3.41. The van der Waals surface area contributed by atoms with E-state index in [0.717, 1.165) is 35.2 Å². The second-order valence-electron chi connectivity index (χ2n) is 8.05. The number of hydrogen-bond donors (Lipinski definition) is 0. The summed E-state index contributed by atoms with van der Waals surface area (Å²) in [5, 5.41) is 4.50. The van der Waals surface area contributed by atoms with E-state index in [1.807, 2.05) is 22.6 Å². The van der Waals surface area contributed by atoms with E-state index in [9.17, 15) is 9.18 Å². The molecule has 160 valence electrons. The Balaban J connectivity index is 1.38. The fourth-order valence-corrected chi connectivity index (χ4v) is 5.48. The van der Waals surface area contributed by atoms with Crippen molar-refractivity contribution in [3.05, 3.63) is 64.2 Å². The van der Waals surface area contributed by atoms with E-state index in [-0.39, 0.29) is 23.7 Å². The smallest absolute Gasteiger partial charge is 0.234 e. The van der Waals surface area contributed by atoms with Gasteiger partial charge in [0.05, 0.1) is 6.20 Å². The Morgan fingerprint density at radius 2 is 1.77 bits per heavy atom. The molecule has 2 atom stereocenters. The van der Waals surface area contributed by atoms with E-state index in [1.165, 1.54) is 17.0 Å². The number of carbonyl (C=O) groups excluding carboxylic acids is 1. The number of aliphatic imine (C=N–C) groups is 1. The lowest BCUT2D eigenvalue weighted by atomic mass is 9.90. The summed E-state index contributed by atoms with van der Waals surface area (Å²) in [7, 11) is 0. The van der Waals surface area contributed by atoms with E-state index < -0.39 is 0 Å². The van der Waals surface area contributed by atoms with Crippen LogP contribution in [-0.4, -0.2) is 52.5 Å². The second kappa shape index (κ2) is 7.92. The minimum Gasteiger partial charge on any atom is -0.368 e. The highest BCUT2D eigenvalue weighted by Gasteiger charge is 2.41. The van der Waals surface area contributed by atoms with E-state index in [2.05, 4.69) is 34.0 Å².